The molecule has 7 nitrogen and oxygen atoms in total. The van der Waals surface area contributed by atoms with Crippen molar-refractivity contribution in [3.63, 3.8) is 0 Å². The number of nitrogens with zero attached hydrogens (tertiary/aromatic N) is 3. The monoisotopic (exact) mass is 207 g/mol. The average Bonchev–Trinajstić information content (AvgIpc) is 2.84. The number of aromatic nitrogens is 5. The number of nitrogens with one attached hydrogen (secondary N) is 2. The first-order valence-corrected chi connectivity index (χ1v) is 4.23. The number of rotatable bonds is 2. The van der Waals surface area contributed by atoms with Crippen LogP contribution in [0.2, 0.25) is 0 Å². The summed E-state index contributed by atoms with van der Waals surface area (Å²) < 4.78 is 4.58. The number of methoxy groups -OCH3 is 1. The zero-order valence-corrected chi connectivity index (χ0v) is 8.24. The molecule has 0 aliphatic carbocycles. The average molecular weight is 207 g/mol. The van der Waals surface area contributed by atoms with E-state index in [0.29, 0.717) is 11.4 Å². The molecule has 0 aliphatic rings. The molecule has 2 N–H and O–H groups in total. The molecule has 0 amide bonds. The molecule has 0 fully saturated rings. The molecule has 78 valence electrons. The van der Waals surface area contributed by atoms with Crippen LogP contribution in [-0.4, -0.2) is 38.7 Å². The predicted octanol–water partition coefficient (Wildman–Crippen LogP) is 0.290. The fourth-order valence-electron chi connectivity index (χ4n) is 1.23. The zero-order valence-electron chi connectivity index (χ0n) is 8.24. The van der Waals surface area contributed by atoms with E-state index in [1.807, 2.05) is 6.92 Å². The van der Waals surface area contributed by atoms with Crippen molar-refractivity contribution in [2.24, 2.45) is 0 Å². The maximum Gasteiger partial charge on any atom is 0.360 e. The quantitative estimate of drug-likeness (QED) is 0.690. The van der Waals surface area contributed by atoms with Gasteiger partial charge in [0, 0.05) is 0 Å². The van der Waals surface area contributed by atoms with Crippen molar-refractivity contribution < 1.29 is 9.53 Å². The summed E-state index contributed by atoms with van der Waals surface area (Å²) in [5.74, 6) is -0.534. The Bertz CT molecular complexity index is 487. The van der Waals surface area contributed by atoms with Gasteiger partial charge in [0.1, 0.15) is 5.69 Å². The van der Waals surface area contributed by atoms with E-state index in [2.05, 4.69) is 30.3 Å². The summed E-state index contributed by atoms with van der Waals surface area (Å²) >= 11 is 0. The number of esters is 1. The summed E-state index contributed by atoms with van der Waals surface area (Å²) in [5.41, 5.74) is 2.10. The summed E-state index contributed by atoms with van der Waals surface area (Å²) in [4.78, 5) is 11.3. The predicted molar refractivity (Wildman–Crippen MR) is 50.0 cm³/mol. The highest BCUT2D eigenvalue weighted by molar-refractivity contribution is 5.93. The van der Waals surface area contributed by atoms with Gasteiger partial charge in [0.2, 0.25) is 0 Å². The van der Waals surface area contributed by atoms with E-state index in [9.17, 15) is 4.79 Å². The Labute approximate surface area is 84.8 Å². The Balaban J connectivity index is 2.50. The molecule has 0 aliphatic heterocycles. The van der Waals surface area contributed by atoms with Crippen molar-refractivity contribution in [1.82, 2.24) is 25.6 Å². The first kappa shape index (κ1) is 9.38. The van der Waals surface area contributed by atoms with Crippen LogP contribution in [-0.2, 0) is 4.74 Å². The van der Waals surface area contributed by atoms with Crippen LogP contribution < -0.4 is 0 Å². The Morgan fingerprint density at radius 3 is 2.87 bits per heavy atom. The Hall–Kier alpha value is -2.18. The van der Waals surface area contributed by atoms with Crippen molar-refractivity contribution in [1.29, 1.82) is 0 Å². The summed E-state index contributed by atoms with van der Waals surface area (Å²) in [6, 6.07) is 0. The summed E-state index contributed by atoms with van der Waals surface area (Å²) in [5, 5.41) is 16.6. The Morgan fingerprint density at radius 1 is 1.47 bits per heavy atom. The fourth-order valence-corrected chi connectivity index (χ4v) is 1.23. The molecule has 0 unspecified atom stereocenters. The highest BCUT2D eigenvalue weighted by Gasteiger charge is 2.20. The topological polar surface area (TPSA) is 96.5 Å². The zero-order chi connectivity index (χ0) is 10.8. The van der Waals surface area contributed by atoms with E-state index in [0.717, 1.165) is 5.56 Å². The largest absolute Gasteiger partial charge is 0.464 e. The SMILES string of the molecule is COC(=O)c1n[nH]nc1-c1[nH]ncc1C. The molecule has 0 saturated heterocycles. The number of carbonyl (C=O) groups is 1. The van der Waals surface area contributed by atoms with Gasteiger partial charge >= 0.3 is 5.97 Å². The molecule has 0 bridgehead atoms. The minimum atomic E-state index is -0.534. The summed E-state index contributed by atoms with van der Waals surface area (Å²) in [7, 11) is 1.29. The van der Waals surface area contributed by atoms with Crippen LogP contribution in [0, 0.1) is 6.92 Å². The number of hydrogen-bond donors (Lipinski definition) is 2. The Morgan fingerprint density at radius 2 is 2.27 bits per heavy atom. The smallest absolute Gasteiger partial charge is 0.360 e. The van der Waals surface area contributed by atoms with Crippen LogP contribution in [0.4, 0.5) is 0 Å². The third-order valence-corrected chi connectivity index (χ3v) is 1.99. The molecular weight excluding hydrogens is 198 g/mol. The van der Waals surface area contributed by atoms with Gasteiger partial charge in [0.25, 0.3) is 0 Å². The lowest BCUT2D eigenvalue weighted by Crippen LogP contribution is -2.04. The second kappa shape index (κ2) is 3.52. The third kappa shape index (κ3) is 1.47. The van der Waals surface area contributed by atoms with Gasteiger partial charge in [0.15, 0.2) is 5.69 Å². The van der Waals surface area contributed by atoms with Gasteiger partial charge in [-0.05, 0) is 12.5 Å². The van der Waals surface area contributed by atoms with Gasteiger partial charge in [-0.15, -0.1) is 5.10 Å². The third-order valence-electron chi connectivity index (χ3n) is 1.99. The van der Waals surface area contributed by atoms with Crippen molar-refractivity contribution in [2.75, 3.05) is 7.11 Å². The lowest BCUT2D eigenvalue weighted by atomic mass is 10.2. The van der Waals surface area contributed by atoms with Crippen LogP contribution >= 0.6 is 0 Å². The van der Waals surface area contributed by atoms with Crippen molar-refractivity contribution >= 4 is 5.97 Å². The van der Waals surface area contributed by atoms with Crippen LogP contribution in [0.15, 0.2) is 6.20 Å². The highest BCUT2D eigenvalue weighted by Crippen LogP contribution is 2.20. The van der Waals surface area contributed by atoms with Crippen molar-refractivity contribution in [3.05, 3.63) is 17.5 Å². The maximum atomic E-state index is 11.3. The molecule has 2 heterocycles. The second-order valence-corrected chi connectivity index (χ2v) is 2.94. The minimum absolute atomic E-state index is 0.143. The first-order chi connectivity index (χ1) is 7.24. The molecule has 2 rings (SSSR count). The highest BCUT2D eigenvalue weighted by atomic mass is 16.5. The van der Waals surface area contributed by atoms with E-state index in [-0.39, 0.29) is 5.69 Å². The molecule has 0 atom stereocenters. The first-order valence-electron chi connectivity index (χ1n) is 4.23. The van der Waals surface area contributed by atoms with E-state index >= 15 is 0 Å². The van der Waals surface area contributed by atoms with Gasteiger partial charge in [-0.25, -0.2) is 4.79 Å². The van der Waals surface area contributed by atoms with Gasteiger partial charge in [-0.1, -0.05) is 0 Å². The maximum absolute atomic E-state index is 11.3. The van der Waals surface area contributed by atoms with E-state index in [1.54, 1.807) is 6.20 Å². The molecule has 15 heavy (non-hydrogen) atoms. The standard InChI is InChI=1S/C8H9N5O2/c1-4-3-9-10-5(4)6-7(8(14)15-2)12-13-11-6/h3H,1-2H3,(H,9,10)(H,11,12,13). The minimum Gasteiger partial charge on any atom is -0.464 e. The normalized spacial score (nSPS) is 10.3. The number of aryl methyl sites for hydroxylation is 1. The van der Waals surface area contributed by atoms with Crippen molar-refractivity contribution in [3.8, 4) is 11.4 Å². The van der Waals surface area contributed by atoms with Crippen LogP contribution in [0.1, 0.15) is 16.1 Å². The molecule has 2 aromatic heterocycles. The van der Waals surface area contributed by atoms with Crippen LogP contribution in [0.3, 0.4) is 0 Å². The number of hydrogen-bond acceptors (Lipinski definition) is 5. The number of aromatic amines is 2. The van der Waals surface area contributed by atoms with E-state index in [4.69, 9.17) is 0 Å². The van der Waals surface area contributed by atoms with E-state index < -0.39 is 5.97 Å². The molecule has 0 saturated carbocycles. The number of carbonyl (C=O) groups excluding carboxylic acids is 1. The van der Waals surface area contributed by atoms with Crippen molar-refractivity contribution in [2.45, 2.75) is 6.92 Å². The second-order valence-electron chi connectivity index (χ2n) is 2.94. The van der Waals surface area contributed by atoms with E-state index in [1.165, 1.54) is 7.11 Å². The molecular formula is C8H9N5O2. The summed E-state index contributed by atoms with van der Waals surface area (Å²) in [6.07, 6.45) is 1.64. The molecule has 0 aromatic carbocycles. The molecule has 2 aromatic rings. The lowest BCUT2D eigenvalue weighted by Gasteiger charge is -1.97. The lowest BCUT2D eigenvalue weighted by molar-refractivity contribution is 0.0595. The number of ether oxygens (including phenoxy) is 1. The molecule has 0 radical (unpaired) electrons. The van der Waals surface area contributed by atoms with Crippen LogP contribution in [0.25, 0.3) is 11.4 Å². The van der Waals surface area contributed by atoms with Gasteiger partial charge in [-0.3, -0.25) is 5.10 Å². The van der Waals surface area contributed by atoms with Gasteiger partial charge < -0.3 is 4.74 Å². The number of H-pyrrole nitrogens is 2. The summed E-state index contributed by atoms with van der Waals surface area (Å²) in [6.45, 7) is 1.86. The fraction of sp³-hybridized carbons (Fsp3) is 0.250. The van der Waals surface area contributed by atoms with Gasteiger partial charge in [0.05, 0.1) is 19.0 Å². The van der Waals surface area contributed by atoms with Gasteiger partial charge in [-0.2, -0.15) is 15.4 Å². The molecule has 0 spiro atoms. The molecule has 7 heteroatoms. The van der Waals surface area contributed by atoms with Crippen LogP contribution in [0.5, 0.6) is 0 Å². The Kier molecular flexibility index (Phi) is 2.20.